The number of rotatable bonds is 2. The highest BCUT2D eigenvalue weighted by atomic mass is 16.4. The third-order valence-electron chi connectivity index (χ3n) is 2.98. The number of carboxylic acids is 1. The molecule has 0 saturated carbocycles. The van der Waals surface area contributed by atoms with Crippen LogP contribution in [0.2, 0.25) is 0 Å². The van der Waals surface area contributed by atoms with Crippen LogP contribution in [0.4, 0.5) is 17.2 Å². The number of nitrogens with zero attached hydrogens (tertiary/aromatic N) is 3. The minimum Gasteiger partial charge on any atom is -0.476 e. The number of hydrogen-bond donors (Lipinski definition) is 2. The van der Waals surface area contributed by atoms with Gasteiger partial charge in [0, 0.05) is 13.1 Å². The third-order valence-corrected chi connectivity index (χ3v) is 2.98. The molecule has 0 unspecified atom stereocenters. The first-order valence-corrected chi connectivity index (χ1v) is 5.91. The van der Waals surface area contributed by atoms with Gasteiger partial charge in [0.15, 0.2) is 11.5 Å². The Bertz CT molecular complexity index is 612. The number of para-hydroxylation sites is 2. The van der Waals surface area contributed by atoms with Gasteiger partial charge in [-0.2, -0.15) is 0 Å². The Hall–Kier alpha value is -2.63. The van der Waals surface area contributed by atoms with Crippen LogP contribution in [0, 0.1) is 0 Å². The average Bonchev–Trinajstić information content (AvgIpc) is 2.47. The van der Waals surface area contributed by atoms with Gasteiger partial charge in [0.1, 0.15) is 0 Å². The molecule has 0 fully saturated rings. The van der Waals surface area contributed by atoms with Gasteiger partial charge in [-0.25, -0.2) is 14.8 Å². The number of nitrogens with one attached hydrogen (secondary N) is 1. The molecule has 0 saturated heterocycles. The Morgan fingerprint density at radius 1 is 1.26 bits per heavy atom. The van der Waals surface area contributed by atoms with Crippen LogP contribution in [0.15, 0.2) is 36.7 Å². The number of anilines is 3. The molecular formula is C13H12N4O2. The topological polar surface area (TPSA) is 78.3 Å². The van der Waals surface area contributed by atoms with Crippen molar-refractivity contribution in [3.63, 3.8) is 0 Å². The predicted molar refractivity (Wildman–Crippen MR) is 70.9 cm³/mol. The summed E-state index contributed by atoms with van der Waals surface area (Å²) in [7, 11) is 0. The molecule has 96 valence electrons. The number of aromatic carboxylic acids is 1. The van der Waals surface area contributed by atoms with E-state index in [9.17, 15) is 4.79 Å². The lowest BCUT2D eigenvalue weighted by Gasteiger charge is -2.30. The highest BCUT2D eigenvalue weighted by Gasteiger charge is 2.18. The molecule has 0 spiro atoms. The van der Waals surface area contributed by atoms with Gasteiger partial charge in [0.2, 0.25) is 0 Å². The second-order valence-electron chi connectivity index (χ2n) is 4.16. The normalized spacial score (nSPS) is 13.6. The summed E-state index contributed by atoms with van der Waals surface area (Å²) in [6.45, 7) is 1.57. The molecular weight excluding hydrogens is 244 g/mol. The van der Waals surface area contributed by atoms with Crippen LogP contribution in [0.5, 0.6) is 0 Å². The monoisotopic (exact) mass is 256 g/mol. The van der Waals surface area contributed by atoms with E-state index in [1.807, 2.05) is 29.2 Å². The Morgan fingerprint density at radius 2 is 2.11 bits per heavy atom. The zero-order valence-electron chi connectivity index (χ0n) is 10.1. The zero-order chi connectivity index (χ0) is 13.2. The average molecular weight is 256 g/mol. The SMILES string of the molecule is O=C(O)c1cnc(N2CCNc3ccccc32)cn1. The second kappa shape index (κ2) is 4.56. The second-order valence-corrected chi connectivity index (χ2v) is 4.16. The fourth-order valence-corrected chi connectivity index (χ4v) is 2.09. The molecule has 0 bridgehead atoms. The van der Waals surface area contributed by atoms with Crippen molar-refractivity contribution in [3.05, 3.63) is 42.4 Å². The first-order chi connectivity index (χ1) is 9.25. The number of carboxylic acid groups (broad SMARTS) is 1. The molecule has 1 aromatic carbocycles. The maximum atomic E-state index is 10.8. The van der Waals surface area contributed by atoms with Crippen molar-refractivity contribution in [1.82, 2.24) is 9.97 Å². The van der Waals surface area contributed by atoms with Crippen molar-refractivity contribution in [3.8, 4) is 0 Å². The van der Waals surface area contributed by atoms with Gasteiger partial charge in [-0.05, 0) is 12.1 Å². The largest absolute Gasteiger partial charge is 0.476 e. The minimum absolute atomic E-state index is 0.0489. The van der Waals surface area contributed by atoms with E-state index in [0.29, 0.717) is 5.82 Å². The lowest BCUT2D eigenvalue weighted by Crippen LogP contribution is -2.30. The van der Waals surface area contributed by atoms with E-state index < -0.39 is 5.97 Å². The number of hydrogen-bond acceptors (Lipinski definition) is 5. The van der Waals surface area contributed by atoms with Gasteiger partial charge in [-0.15, -0.1) is 0 Å². The highest BCUT2D eigenvalue weighted by Crippen LogP contribution is 2.32. The van der Waals surface area contributed by atoms with E-state index in [0.717, 1.165) is 24.5 Å². The fourth-order valence-electron chi connectivity index (χ4n) is 2.09. The number of benzene rings is 1. The summed E-state index contributed by atoms with van der Waals surface area (Å²) >= 11 is 0. The summed E-state index contributed by atoms with van der Waals surface area (Å²) in [4.78, 5) is 20.9. The zero-order valence-corrected chi connectivity index (χ0v) is 10.1. The Labute approximate surface area is 109 Å². The molecule has 19 heavy (non-hydrogen) atoms. The lowest BCUT2D eigenvalue weighted by atomic mass is 10.2. The van der Waals surface area contributed by atoms with Crippen LogP contribution < -0.4 is 10.2 Å². The molecule has 2 heterocycles. The molecule has 0 radical (unpaired) electrons. The molecule has 1 aliphatic heterocycles. The summed E-state index contributed by atoms with van der Waals surface area (Å²) in [5.74, 6) is -0.418. The van der Waals surface area contributed by atoms with Gasteiger partial charge in [-0.3, -0.25) is 0 Å². The molecule has 2 aromatic rings. The lowest BCUT2D eigenvalue weighted by molar-refractivity contribution is 0.0690. The van der Waals surface area contributed by atoms with Gasteiger partial charge in [0.25, 0.3) is 0 Å². The maximum absolute atomic E-state index is 10.8. The smallest absolute Gasteiger partial charge is 0.356 e. The summed E-state index contributed by atoms with van der Waals surface area (Å²) in [6, 6.07) is 7.92. The quantitative estimate of drug-likeness (QED) is 0.852. The summed E-state index contributed by atoms with van der Waals surface area (Å²) in [5, 5.41) is 12.1. The van der Waals surface area contributed by atoms with Crippen LogP contribution >= 0.6 is 0 Å². The molecule has 3 rings (SSSR count). The van der Waals surface area contributed by atoms with Crippen LogP contribution in [0.1, 0.15) is 10.5 Å². The van der Waals surface area contributed by atoms with Crippen molar-refractivity contribution in [2.45, 2.75) is 0 Å². The first kappa shape index (κ1) is 11.5. The maximum Gasteiger partial charge on any atom is 0.356 e. The van der Waals surface area contributed by atoms with Crippen molar-refractivity contribution in [2.75, 3.05) is 23.3 Å². The molecule has 2 N–H and O–H groups in total. The van der Waals surface area contributed by atoms with E-state index in [4.69, 9.17) is 5.11 Å². The van der Waals surface area contributed by atoms with E-state index >= 15 is 0 Å². The molecule has 6 heteroatoms. The molecule has 1 aromatic heterocycles. The Balaban J connectivity index is 1.97. The van der Waals surface area contributed by atoms with Crippen LogP contribution in [-0.4, -0.2) is 34.1 Å². The van der Waals surface area contributed by atoms with E-state index in [-0.39, 0.29) is 5.69 Å². The van der Waals surface area contributed by atoms with E-state index in [2.05, 4.69) is 15.3 Å². The molecule has 0 amide bonds. The van der Waals surface area contributed by atoms with Crippen molar-refractivity contribution >= 4 is 23.2 Å². The standard InChI is InChI=1S/C13H12N4O2/c18-13(19)10-7-16-12(8-15-10)17-6-5-14-9-3-1-2-4-11(9)17/h1-4,7-8,14H,5-6H2,(H,18,19). The molecule has 1 aliphatic rings. The van der Waals surface area contributed by atoms with E-state index in [1.165, 1.54) is 12.4 Å². The molecule has 0 atom stereocenters. The first-order valence-electron chi connectivity index (χ1n) is 5.91. The van der Waals surface area contributed by atoms with Crippen LogP contribution in [0.3, 0.4) is 0 Å². The van der Waals surface area contributed by atoms with Crippen molar-refractivity contribution in [1.29, 1.82) is 0 Å². The number of fused-ring (bicyclic) bond motifs is 1. The van der Waals surface area contributed by atoms with Gasteiger partial charge >= 0.3 is 5.97 Å². The summed E-state index contributed by atoms with van der Waals surface area (Å²) in [6.07, 6.45) is 2.77. The van der Waals surface area contributed by atoms with Crippen molar-refractivity contribution in [2.24, 2.45) is 0 Å². The molecule has 6 nitrogen and oxygen atoms in total. The van der Waals surface area contributed by atoms with Gasteiger partial charge in [-0.1, -0.05) is 12.1 Å². The van der Waals surface area contributed by atoms with Crippen LogP contribution in [0.25, 0.3) is 0 Å². The number of aromatic nitrogens is 2. The summed E-state index contributed by atoms with van der Waals surface area (Å²) in [5.41, 5.74) is 2.01. The predicted octanol–water partition coefficient (Wildman–Crippen LogP) is 1.74. The minimum atomic E-state index is -1.07. The van der Waals surface area contributed by atoms with E-state index in [1.54, 1.807) is 0 Å². The number of carbonyl (C=O) groups is 1. The highest BCUT2D eigenvalue weighted by molar-refractivity contribution is 5.85. The van der Waals surface area contributed by atoms with Gasteiger partial charge in [0.05, 0.1) is 23.8 Å². The third kappa shape index (κ3) is 2.08. The Morgan fingerprint density at radius 3 is 2.84 bits per heavy atom. The van der Waals surface area contributed by atoms with Crippen molar-refractivity contribution < 1.29 is 9.90 Å². The Kier molecular flexibility index (Phi) is 2.75. The molecule has 0 aliphatic carbocycles. The summed E-state index contributed by atoms with van der Waals surface area (Å²) < 4.78 is 0. The fraction of sp³-hybridized carbons (Fsp3) is 0.154. The van der Waals surface area contributed by atoms with Gasteiger partial charge < -0.3 is 15.3 Å². The van der Waals surface area contributed by atoms with Crippen LogP contribution in [-0.2, 0) is 0 Å².